The average Bonchev–Trinajstić information content (AvgIpc) is 3.73. The van der Waals surface area contributed by atoms with Crippen LogP contribution in [0.25, 0.3) is 88.0 Å². The highest BCUT2D eigenvalue weighted by molar-refractivity contribution is 6.75. The lowest BCUT2D eigenvalue weighted by atomic mass is 9.55. The van der Waals surface area contributed by atoms with Crippen LogP contribution in [0.2, 0.25) is 0 Å². The third-order valence-corrected chi connectivity index (χ3v) is 13.1. The molecule has 1 heterocycles. The molecule has 1 aromatic heterocycles. The second-order valence-electron chi connectivity index (χ2n) is 16.5. The molecule has 8 aromatic carbocycles. The van der Waals surface area contributed by atoms with E-state index in [4.69, 9.17) is 185 Å². The summed E-state index contributed by atoms with van der Waals surface area (Å²) in [6, 6.07) is 8.95. The maximum atomic E-state index is 7.15. The van der Waals surface area contributed by atoms with E-state index in [0.29, 0.717) is 11.1 Å². The van der Waals surface area contributed by atoms with Gasteiger partial charge in [-0.1, -0.05) is 118 Å². The molecule has 0 fully saturated rings. The van der Waals surface area contributed by atoms with E-state index in [0.717, 1.165) is 0 Å². The Bertz CT molecular complexity index is 3710. The van der Waals surface area contributed by atoms with Crippen molar-refractivity contribution < 1.29 is 4.42 Å². The largest absolute Gasteiger partial charge is 0.457 e. The fourth-order valence-corrected chi connectivity index (χ4v) is 9.50. The first kappa shape index (κ1) is 48.6. The van der Waals surface area contributed by atoms with E-state index in [9.17, 15) is 0 Å². The van der Waals surface area contributed by atoms with Gasteiger partial charge in [0.15, 0.2) is 0 Å². The van der Waals surface area contributed by atoms with Crippen LogP contribution < -0.4 is 126 Å². The predicted molar refractivity (Wildman–Crippen MR) is 314 cm³/mol. The van der Waals surface area contributed by atoms with Gasteiger partial charge in [-0.15, -0.1) is 38.2 Å². The van der Waals surface area contributed by atoms with Crippen LogP contribution in [0.3, 0.4) is 0 Å². The van der Waals surface area contributed by atoms with E-state index in [2.05, 4.69) is 0 Å². The molecule has 1 nitrogen and oxygen atoms in total. The number of hydrogen-bond acceptors (Lipinski definition) is 1. The Hall–Kier alpha value is -4.43. The second kappa shape index (κ2) is 16.9. The zero-order valence-corrected chi connectivity index (χ0v) is 36.1. The topological polar surface area (TPSA) is 13.1 Å². The first-order valence-corrected chi connectivity index (χ1v) is 20.2. The van der Waals surface area contributed by atoms with E-state index in [-0.39, 0.29) is 203 Å². The molecular weight excluding hydrogens is 793 g/mol. The monoisotopic (exact) mass is 802 g/mol. The number of hydrogen-bond donors (Lipinski definition) is 0. The molecule has 0 atom stereocenters. The summed E-state index contributed by atoms with van der Waals surface area (Å²) in [6.45, 7) is 0. The first-order chi connectivity index (χ1) is 31.9. The summed E-state index contributed by atoms with van der Waals surface area (Å²) < 4.78 is 6.08. The predicted octanol–water partition coefficient (Wildman–Crippen LogP) is -15.2. The Morgan fingerprint density at radius 3 is 0.853 bits per heavy atom. The lowest BCUT2D eigenvalue weighted by Gasteiger charge is -2.33. The summed E-state index contributed by atoms with van der Waals surface area (Å²) in [7, 11) is 156. The van der Waals surface area contributed by atoms with Gasteiger partial charge >= 0.3 is 0 Å². The van der Waals surface area contributed by atoms with Crippen molar-refractivity contribution in [2.24, 2.45) is 0 Å². The molecule has 9 rings (SSSR count). The van der Waals surface area contributed by atoms with Crippen molar-refractivity contribution in [1.82, 2.24) is 0 Å². The summed E-state index contributed by atoms with van der Waals surface area (Å²) in [5.41, 5.74) is -1.19. The highest BCUT2D eigenvalue weighted by Gasteiger charge is 2.30. The molecule has 0 spiro atoms. The summed E-state index contributed by atoms with van der Waals surface area (Å²) in [5.74, 6) is 0. The highest BCUT2D eigenvalue weighted by Crippen LogP contribution is 2.39. The first-order valence-electron chi connectivity index (χ1n) is 20.2. The van der Waals surface area contributed by atoms with Crippen LogP contribution in [0.15, 0.2) is 34.7 Å². The van der Waals surface area contributed by atoms with Crippen LogP contribution >= 0.6 is 0 Å². The van der Waals surface area contributed by atoms with Crippen molar-refractivity contribution in [1.29, 1.82) is 0 Å². The Kier molecular flexibility index (Phi) is 12.1. The minimum absolute atomic E-state index is 0.000188. The maximum absolute atomic E-state index is 7.15. The summed E-state index contributed by atoms with van der Waals surface area (Å²) in [6.07, 6.45) is 0. The van der Waals surface area contributed by atoms with Gasteiger partial charge in [0, 0.05) is 10.8 Å². The minimum atomic E-state index is -0.221. The average molecular weight is 798 g/mol. The van der Waals surface area contributed by atoms with Crippen molar-refractivity contribution in [3.63, 3.8) is 0 Å². The summed E-state index contributed by atoms with van der Waals surface area (Å²) in [4.78, 5) is 0. The van der Waals surface area contributed by atoms with Crippen LogP contribution in [-0.4, -0.2) is 180 Å². The molecule has 0 aliphatic heterocycles. The van der Waals surface area contributed by atoms with Crippen LogP contribution in [0.4, 0.5) is 0 Å². The van der Waals surface area contributed by atoms with Crippen LogP contribution in [0.1, 0.15) is 0 Å². The molecule has 0 amide bonds. The van der Waals surface area contributed by atoms with Crippen LogP contribution in [0, 0.1) is 0 Å². The Balaban J connectivity index is 1.51. The fraction of sp³-hybridized carbons (Fsp3) is 0. The van der Waals surface area contributed by atoms with Crippen molar-refractivity contribution in [3.8, 4) is 44.5 Å². The number of fused-ring (bicyclic) bond motifs is 5. The van der Waals surface area contributed by atoms with Gasteiger partial charge < -0.3 is 4.42 Å². The molecule has 0 aliphatic rings. The molecule has 68 heavy (non-hydrogen) atoms. The third-order valence-electron chi connectivity index (χ3n) is 13.1. The van der Waals surface area contributed by atoms with Gasteiger partial charge in [-0.2, -0.15) is 0 Å². The standard InChI is InChI=1S/C44H5B23O/c45-20-7(6-4-2-1-3-5-6)22(47)34(59)31(56)14(20)8-10-12(25(50)37(62)35(60)23(10)48)9(13-11(8)24(49)36(61)38(63)26(13)51)15-27(52)29(54)17(30(55)28(15)53)16-21(46)18-19-33(58)39(64)40(65)42(67)44(19)68-43(18)41(66)32(16)57/h1-5H. The molecule has 0 saturated heterocycles. The van der Waals surface area contributed by atoms with Gasteiger partial charge in [0.25, 0.3) is 0 Å². The number of furan rings is 1. The minimum Gasteiger partial charge on any atom is -0.457 e. The number of rotatable bonds is 4. The van der Waals surface area contributed by atoms with Gasteiger partial charge in [-0.25, -0.2) is 0 Å². The third kappa shape index (κ3) is 6.42. The van der Waals surface area contributed by atoms with Crippen LogP contribution in [-0.2, 0) is 0 Å². The van der Waals surface area contributed by atoms with E-state index in [1.54, 1.807) is 24.3 Å². The molecule has 0 aliphatic carbocycles. The van der Waals surface area contributed by atoms with Gasteiger partial charge in [0.2, 0.25) is 0 Å². The van der Waals surface area contributed by atoms with E-state index in [1.165, 1.54) is 0 Å². The van der Waals surface area contributed by atoms with Gasteiger partial charge in [0.05, 0.1) is 0 Å². The van der Waals surface area contributed by atoms with Gasteiger partial charge in [-0.05, 0) is 66.1 Å². The lowest BCUT2D eigenvalue weighted by molar-refractivity contribution is 0.675. The van der Waals surface area contributed by atoms with E-state index in [1.807, 2.05) is 6.07 Å². The van der Waals surface area contributed by atoms with E-state index >= 15 is 0 Å². The van der Waals surface area contributed by atoms with Crippen LogP contribution in [0.5, 0.6) is 0 Å². The number of benzene rings is 8. The molecule has 46 radical (unpaired) electrons. The molecule has 0 saturated carbocycles. The Morgan fingerprint density at radius 1 is 0.191 bits per heavy atom. The molecule has 9 aromatic rings. The van der Waals surface area contributed by atoms with Crippen molar-refractivity contribution in [3.05, 3.63) is 30.3 Å². The normalized spacial score (nSPS) is 11.7. The molecule has 0 unspecified atom stereocenters. The van der Waals surface area contributed by atoms with Crippen molar-refractivity contribution >= 4 is 350 Å². The van der Waals surface area contributed by atoms with Gasteiger partial charge in [-0.3, -0.25) is 0 Å². The maximum Gasteiger partial charge on any atom is 0.127 e. The Morgan fingerprint density at radius 2 is 0.441 bits per heavy atom. The zero-order valence-electron chi connectivity index (χ0n) is 36.1. The Labute approximate surface area is 426 Å². The van der Waals surface area contributed by atoms with Gasteiger partial charge in [0.1, 0.15) is 192 Å². The summed E-state index contributed by atoms with van der Waals surface area (Å²) in [5, 5.41) is 0.596. The van der Waals surface area contributed by atoms with Crippen molar-refractivity contribution in [2.75, 3.05) is 0 Å². The van der Waals surface area contributed by atoms with Crippen molar-refractivity contribution in [2.45, 2.75) is 0 Å². The zero-order chi connectivity index (χ0) is 49.8. The molecular formula is C44H5B23O. The summed E-state index contributed by atoms with van der Waals surface area (Å²) >= 11 is 0. The highest BCUT2D eigenvalue weighted by atomic mass is 16.3. The smallest absolute Gasteiger partial charge is 0.127 e. The molecule has 256 valence electrons. The fourth-order valence-electron chi connectivity index (χ4n) is 9.50. The SMILES string of the molecule is [B]c1c([B])c(-c2ccccc2)c([B])c(-c2c3c([B])c([B])c([B])c([B])c3c(-c3c([B])c([B])c(-c4c([B])c([B])c5oc6c([B])c([B])c([B])c([B])c6c5c4[B])c([B])c3[B])c3c([B])c([B])c([B])c([B])c23)c1[B]. The molecule has 0 N–H and O–H groups in total. The quantitative estimate of drug-likeness (QED) is 0.128. The van der Waals surface area contributed by atoms with E-state index < -0.39 is 0 Å². The molecule has 0 bridgehead atoms. The second-order valence-corrected chi connectivity index (χ2v) is 16.5. The lowest BCUT2D eigenvalue weighted by Crippen LogP contribution is -2.51. The molecule has 24 heteroatoms.